The zero-order valence-electron chi connectivity index (χ0n) is 12.7. The van der Waals surface area contributed by atoms with Crippen LogP contribution in [0.2, 0.25) is 0 Å². The second-order valence-corrected chi connectivity index (χ2v) is 5.27. The summed E-state index contributed by atoms with van der Waals surface area (Å²) in [6, 6.07) is 29.3. The van der Waals surface area contributed by atoms with E-state index in [4.69, 9.17) is 0 Å². The first kappa shape index (κ1) is 14.1. The van der Waals surface area contributed by atoms with Crippen LogP contribution in [0.3, 0.4) is 0 Å². The third-order valence-electron chi connectivity index (χ3n) is 3.68. The van der Waals surface area contributed by atoms with Gasteiger partial charge in [-0.05, 0) is 40.8 Å². The van der Waals surface area contributed by atoms with Gasteiger partial charge in [-0.15, -0.1) is 5.73 Å². The first-order valence-corrected chi connectivity index (χ1v) is 7.47. The minimum absolute atomic E-state index is 1.14. The van der Waals surface area contributed by atoms with Crippen LogP contribution in [0.15, 0.2) is 90.7 Å². The molecule has 0 unspecified atom stereocenters. The minimum atomic E-state index is 1.14. The fourth-order valence-corrected chi connectivity index (χ4v) is 2.37. The molecule has 0 fully saturated rings. The van der Waals surface area contributed by atoms with Crippen LogP contribution in [-0.2, 0) is 0 Å². The molecule has 0 aliphatic heterocycles. The van der Waals surface area contributed by atoms with Gasteiger partial charge in [-0.25, -0.2) is 0 Å². The summed E-state index contributed by atoms with van der Waals surface area (Å²) in [5.74, 6) is 0. The molecule has 0 heteroatoms. The highest BCUT2D eigenvalue weighted by Gasteiger charge is 1.98. The van der Waals surface area contributed by atoms with E-state index in [0.717, 1.165) is 5.57 Å². The van der Waals surface area contributed by atoms with Crippen LogP contribution >= 0.6 is 0 Å². The van der Waals surface area contributed by atoms with Gasteiger partial charge in [-0.3, -0.25) is 0 Å². The molecule has 0 bridgehead atoms. The lowest BCUT2D eigenvalue weighted by molar-refractivity contribution is 1.55. The minimum Gasteiger partial charge on any atom is -0.116 e. The smallest absolute Gasteiger partial charge is 0.00188 e. The Labute approximate surface area is 132 Å². The molecule has 0 aliphatic rings. The largest absolute Gasteiger partial charge is 0.116 e. The third kappa shape index (κ3) is 3.44. The monoisotopic (exact) mass is 282 g/mol. The van der Waals surface area contributed by atoms with Crippen LogP contribution < -0.4 is 0 Å². The van der Waals surface area contributed by atoms with Crippen molar-refractivity contribution in [1.82, 2.24) is 0 Å². The second kappa shape index (κ2) is 6.76. The van der Waals surface area contributed by atoms with Gasteiger partial charge >= 0.3 is 0 Å². The van der Waals surface area contributed by atoms with Crippen LogP contribution in [0.5, 0.6) is 0 Å². The first-order valence-electron chi connectivity index (χ1n) is 7.47. The summed E-state index contributed by atoms with van der Waals surface area (Å²) < 4.78 is 0. The van der Waals surface area contributed by atoms with Crippen molar-refractivity contribution in [3.8, 4) is 11.1 Å². The molecular weight excluding hydrogens is 264 g/mol. The van der Waals surface area contributed by atoms with Gasteiger partial charge in [0, 0.05) is 0 Å². The number of rotatable bonds is 3. The molecule has 0 atom stereocenters. The normalized spacial score (nSPS) is 9.86. The van der Waals surface area contributed by atoms with E-state index < -0.39 is 0 Å². The van der Waals surface area contributed by atoms with Crippen LogP contribution in [0.25, 0.3) is 22.8 Å². The highest BCUT2D eigenvalue weighted by Crippen LogP contribution is 2.21. The summed E-state index contributed by atoms with van der Waals surface area (Å²) in [6.07, 6.45) is 2.03. The Morgan fingerprint density at radius 2 is 1.23 bits per heavy atom. The predicted molar refractivity (Wildman–Crippen MR) is 95.4 cm³/mol. The maximum atomic E-state index is 3.37. The quantitative estimate of drug-likeness (QED) is 0.511. The summed E-state index contributed by atoms with van der Waals surface area (Å²) in [7, 11) is 0. The Hall–Kier alpha value is -2.82. The molecule has 0 heterocycles. The molecule has 0 saturated heterocycles. The lowest BCUT2D eigenvalue weighted by Gasteiger charge is -2.03. The Bertz CT molecular complexity index is 788. The van der Waals surface area contributed by atoms with E-state index >= 15 is 0 Å². The SMILES string of the molecule is CC(=C=Cc1ccccc1)c1ccc(-c2ccccc2)cc1. The lowest BCUT2D eigenvalue weighted by Crippen LogP contribution is -1.80. The number of benzene rings is 3. The molecule has 3 aromatic rings. The number of hydrogen-bond donors (Lipinski definition) is 0. The molecule has 22 heavy (non-hydrogen) atoms. The van der Waals surface area contributed by atoms with Crippen molar-refractivity contribution in [1.29, 1.82) is 0 Å². The fraction of sp³-hybridized carbons (Fsp3) is 0.0455. The molecule has 3 rings (SSSR count). The molecule has 3 aromatic carbocycles. The maximum Gasteiger partial charge on any atom is -0.00188 e. The molecule has 0 aliphatic carbocycles. The molecule has 0 spiro atoms. The predicted octanol–water partition coefficient (Wildman–Crippen LogP) is 6.07. The van der Waals surface area contributed by atoms with Crippen molar-refractivity contribution in [2.45, 2.75) is 6.92 Å². The third-order valence-corrected chi connectivity index (χ3v) is 3.68. The Balaban J connectivity index is 1.85. The molecule has 0 nitrogen and oxygen atoms in total. The van der Waals surface area contributed by atoms with E-state index in [0.29, 0.717) is 0 Å². The average molecular weight is 282 g/mol. The number of hydrogen-bond acceptors (Lipinski definition) is 0. The second-order valence-electron chi connectivity index (χ2n) is 5.27. The average Bonchev–Trinajstić information content (AvgIpc) is 2.61. The van der Waals surface area contributed by atoms with Crippen molar-refractivity contribution in [2.75, 3.05) is 0 Å². The van der Waals surface area contributed by atoms with Gasteiger partial charge in [0.25, 0.3) is 0 Å². The van der Waals surface area contributed by atoms with E-state index in [2.05, 4.69) is 73.3 Å². The Morgan fingerprint density at radius 1 is 0.682 bits per heavy atom. The highest BCUT2D eigenvalue weighted by atomic mass is 14.0. The number of allylic oxidation sites excluding steroid dienone is 1. The molecule has 0 aromatic heterocycles. The topological polar surface area (TPSA) is 0 Å². The zero-order chi connectivity index (χ0) is 15.2. The molecule has 106 valence electrons. The fourth-order valence-electron chi connectivity index (χ4n) is 2.37. The van der Waals surface area contributed by atoms with Crippen molar-refractivity contribution in [3.05, 3.63) is 102 Å². The van der Waals surface area contributed by atoms with Crippen LogP contribution in [-0.4, -0.2) is 0 Å². The van der Waals surface area contributed by atoms with Crippen molar-refractivity contribution < 1.29 is 0 Å². The molecule has 0 saturated carbocycles. The summed E-state index contributed by atoms with van der Waals surface area (Å²) in [5, 5.41) is 0. The summed E-state index contributed by atoms with van der Waals surface area (Å²) >= 11 is 0. The first-order chi connectivity index (χ1) is 10.8. The van der Waals surface area contributed by atoms with Crippen LogP contribution in [0.4, 0.5) is 0 Å². The van der Waals surface area contributed by atoms with E-state index in [-0.39, 0.29) is 0 Å². The van der Waals surface area contributed by atoms with Crippen molar-refractivity contribution in [2.24, 2.45) is 0 Å². The lowest BCUT2D eigenvalue weighted by atomic mass is 10.0. The summed E-state index contributed by atoms with van der Waals surface area (Å²) in [5.41, 5.74) is 9.36. The van der Waals surface area contributed by atoms with E-state index in [1.165, 1.54) is 22.3 Å². The standard InChI is InChI=1S/C22H18/c1-18(12-13-19-8-4-2-5-9-19)20-14-16-22(17-15-20)21-10-6-3-7-11-21/h2-11,13-17H,1H3. The van der Waals surface area contributed by atoms with Gasteiger partial charge < -0.3 is 0 Å². The van der Waals surface area contributed by atoms with Crippen molar-refractivity contribution >= 4 is 11.6 Å². The van der Waals surface area contributed by atoms with E-state index in [1.807, 2.05) is 30.3 Å². The van der Waals surface area contributed by atoms with Gasteiger partial charge in [0.05, 0.1) is 0 Å². The van der Waals surface area contributed by atoms with Gasteiger partial charge in [-0.1, -0.05) is 84.9 Å². The molecule has 0 N–H and O–H groups in total. The molecular formula is C22H18. The van der Waals surface area contributed by atoms with Gasteiger partial charge in [0.15, 0.2) is 0 Å². The zero-order valence-corrected chi connectivity index (χ0v) is 12.7. The maximum absolute atomic E-state index is 3.37. The van der Waals surface area contributed by atoms with Gasteiger partial charge in [0.2, 0.25) is 0 Å². The van der Waals surface area contributed by atoms with E-state index in [1.54, 1.807) is 0 Å². The Kier molecular flexibility index (Phi) is 4.34. The summed E-state index contributed by atoms with van der Waals surface area (Å²) in [4.78, 5) is 0. The Morgan fingerprint density at radius 3 is 1.86 bits per heavy atom. The molecule has 0 radical (unpaired) electrons. The van der Waals surface area contributed by atoms with E-state index in [9.17, 15) is 0 Å². The van der Waals surface area contributed by atoms with Crippen molar-refractivity contribution in [3.63, 3.8) is 0 Å². The summed E-state index contributed by atoms with van der Waals surface area (Å²) in [6.45, 7) is 2.09. The van der Waals surface area contributed by atoms with Crippen LogP contribution in [0, 0.1) is 0 Å². The van der Waals surface area contributed by atoms with Gasteiger partial charge in [-0.2, -0.15) is 0 Å². The van der Waals surface area contributed by atoms with Gasteiger partial charge in [0.1, 0.15) is 0 Å². The highest BCUT2D eigenvalue weighted by molar-refractivity contribution is 5.71. The van der Waals surface area contributed by atoms with Crippen LogP contribution in [0.1, 0.15) is 18.1 Å². The molecule has 0 amide bonds.